The molecule has 1 aromatic heterocycles. The van der Waals surface area contributed by atoms with E-state index < -0.39 is 0 Å². The fourth-order valence-corrected chi connectivity index (χ4v) is 4.34. The normalized spacial score (nSPS) is 38.5. The molecule has 1 saturated heterocycles. The quantitative estimate of drug-likeness (QED) is 0.888. The second-order valence-corrected chi connectivity index (χ2v) is 6.63. The molecule has 4 unspecified atom stereocenters. The molecule has 2 saturated carbocycles. The van der Waals surface area contributed by atoms with Gasteiger partial charge in [0.1, 0.15) is 0 Å². The molecule has 1 aliphatic heterocycles. The Hall–Kier alpha value is -0.900. The van der Waals surface area contributed by atoms with Crippen molar-refractivity contribution in [2.45, 2.75) is 63.3 Å². The Labute approximate surface area is 114 Å². The van der Waals surface area contributed by atoms with Crippen molar-refractivity contribution in [1.29, 1.82) is 0 Å². The SMILES string of the molecule is C1CCNC(c2noc(C3CC4CCC3C4)n2)CC1. The highest BCUT2D eigenvalue weighted by Crippen LogP contribution is 2.52. The van der Waals surface area contributed by atoms with E-state index in [9.17, 15) is 0 Å². The minimum atomic E-state index is 0.318. The van der Waals surface area contributed by atoms with Crippen LogP contribution < -0.4 is 5.32 Å². The molecule has 4 nitrogen and oxygen atoms in total. The molecule has 2 bridgehead atoms. The summed E-state index contributed by atoms with van der Waals surface area (Å²) in [5, 5.41) is 7.81. The number of hydrogen-bond acceptors (Lipinski definition) is 4. The first kappa shape index (κ1) is 11.9. The Morgan fingerprint density at radius 2 is 2.05 bits per heavy atom. The molecule has 1 N–H and O–H groups in total. The fourth-order valence-electron chi connectivity index (χ4n) is 4.34. The third kappa shape index (κ3) is 2.20. The van der Waals surface area contributed by atoms with Gasteiger partial charge in [0.15, 0.2) is 5.82 Å². The molecule has 4 rings (SSSR count). The van der Waals surface area contributed by atoms with E-state index in [-0.39, 0.29) is 0 Å². The van der Waals surface area contributed by atoms with Gasteiger partial charge in [0.25, 0.3) is 0 Å². The third-order valence-corrected chi connectivity index (χ3v) is 5.38. The number of aromatic nitrogens is 2. The average Bonchev–Trinajstić information content (AvgIpc) is 3.11. The molecule has 19 heavy (non-hydrogen) atoms. The van der Waals surface area contributed by atoms with E-state index in [1.807, 2.05) is 0 Å². The van der Waals surface area contributed by atoms with Crippen LogP contribution in [0.3, 0.4) is 0 Å². The van der Waals surface area contributed by atoms with Gasteiger partial charge in [-0.05, 0) is 50.5 Å². The van der Waals surface area contributed by atoms with Gasteiger partial charge in [-0.25, -0.2) is 0 Å². The van der Waals surface area contributed by atoms with E-state index in [0.29, 0.717) is 12.0 Å². The summed E-state index contributed by atoms with van der Waals surface area (Å²) in [7, 11) is 0. The molecule has 3 aliphatic rings. The molecule has 3 fully saturated rings. The zero-order chi connectivity index (χ0) is 12.7. The van der Waals surface area contributed by atoms with E-state index in [4.69, 9.17) is 9.51 Å². The van der Waals surface area contributed by atoms with Crippen LogP contribution in [0.5, 0.6) is 0 Å². The lowest BCUT2D eigenvalue weighted by molar-refractivity contribution is 0.299. The standard InChI is InChI=1S/C15H23N3O/c1-2-4-13(16-7-3-1)14-17-15(19-18-14)12-9-10-5-6-11(12)8-10/h10-13,16H,1-9H2. The summed E-state index contributed by atoms with van der Waals surface area (Å²) < 4.78 is 5.59. The third-order valence-electron chi connectivity index (χ3n) is 5.38. The molecule has 0 spiro atoms. The summed E-state index contributed by atoms with van der Waals surface area (Å²) in [6, 6.07) is 0.318. The molecule has 1 aromatic rings. The Morgan fingerprint density at radius 1 is 1.05 bits per heavy atom. The lowest BCUT2D eigenvalue weighted by Gasteiger charge is -2.17. The zero-order valence-electron chi connectivity index (χ0n) is 11.5. The van der Waals surface area contributed by atoms with Crippen molar-refractivity contribution < 1.29 is 4.52 Å². The summed E-state index contributed by atoms with van der Waals surface area (Å²) in [5.74, 6) is 4.14. The maximum absolute atomic E-state index is 5.59. The van der Waals surface area contributed by atoms with E-state index in [1.54, 1.807) is 0 Å². The van der Waals surface area contributed by atoms with Crippen molar-refractivity contribution in [3.8, 4) is 0 Å². The topological polar surface area (TPSA) is 51.0 Å². The number of nitrogens with one attached hydrogen (secondary N) is 1. The van der Waals surface area contributed by atoms with Crippen molar-refractivity contribution in [2.75, 3.05) is 6.54 Å². The van der Waals surface area contributed by atoms with Gasteiger partial charge in [0.2, 0.25) is 5.89 Å². The van der Waals surface area contributed by atoms with Gasteiger partial charge in [0, 0.05) is 5.92 Å². The smallest absolute Gasteiger partial charge is 0.230 e. The van der Waals surface area contributed by atoms with Crippen LogP contribution >= 0.6 is 0 Å². The van der Waals surface area contributed by atoms with Crippen LogP contribution in [-0.4, -0.2) is 16.7 Å². The lowest BCUT2D eigenvalue weighted by Crippen LogP contribution is -2.21. The van der Waals surface area contributed by atoms with Crippen LogP contribution in [0.4, 0.5) is 0 Å². The van der Waals surface area contributed by atoms with Crippen LogP contribution in [0.2, 0.25) is 0 Å². The number of nitrogens with zero attached hydrogens (tertiary/aromatic N) is 2. The number of hydrogen-bond donors (Lipinski definition) is 1. The van der Waals surface area contributed by atoms with Crippen molar-refractivity contribution in [3.05, 3.63) is 11.7 Å². The Kier molecular flexibility index (Phi) is 3.06. The van der Waals surface area contributed by atoms with Gasteiger partial charge < -0.3 is 9.84 Å². The van der Waals surface area contributed by atoms with Crippen LogP contribution in [0.1, 0.15) is 75.0 Å². The fraction of sp³-hybridized carbons (Fsp3) is 0.867. The Balaban J connectivity index is 1.49. The molecule has 0 aromatic carbocycles. The largest absolute Gasteiger partial charge is 0.339 e. The predicted molar refractivity (Wildman–Crippen MR) is 71.7 cm³/mol. The monoisotopic (exact) mass is 261 g/mol. The summed E-state index contributed by atoms with van der Waals surface area (Å²) in [5.41, 5.74) is 0. The van der Waals surface area contributed by atoms with Crippen molar-refractivity contribution >= 4 is 0 Å². The molecule has 4 heteroatoms. The highest BCUT2D eigenvalue weighted by molar-refractivity contribution is 5.06. The van der Waals surface area contributed by atoms with Crippen LogP contribution in [-0.2, 0) is 0 Å². The molecule has 2 aliphatic carbocycles. The average molecular weight is 261 g/mol. The van der Waals surface area contributed by atoms with E-state index in [1.165, 1.54) is 44.9 Å². The molecule has 2 heterocycles. The minimum absolute atomic E-state index is 0.318. The van der Waals surface area contributed by atoms with Gasteiger partial charge in [-0.2, -0.15) is 4.98 Å². The van der Waals surface area contributed by atoms with Crippen LogP contribution in [0.15, 0.2) is 4.52 Å². The molecule has 0 radical (unpaired) electrons. The van der Waals surface area contributed by atoms with Crippen LogP contribution in [0.25, 0.3) is 0 Å². The molecular formula is C15H23N3O. The predicted octanol–water partition coefficient (Wildman–Crippen LogP) is 3.18. The highest BCUT2D eigenvalue weighted by atomic mass is 16.5. The van der Waals surface area contributed by atoms with E-state index in [2.05, 4.69) is 10.5 Å². The Morgan fingerprint density at radius 3 is 2.89 bits per heavy atom. The summed E-state index contributed by atoms with van der Waals surface area (Å²) in [6.45, 7) is 1.09. The minimum Gasteiger partial charge on any atom is -0.339 e. The first-order chi connectivity index (χ1) is 9.40. The molecule has 0 amide bonds. The molecule has 4 atom stereocenters. The van der Waals surface area contributed by atoms with Gasteiger partial charge >= 0.3 is 0 Å². The van der Waals surface area contributed by atoms with Crippen molar-refractivity contribution in [2.24, 2.45) is 11.8 Å². The summed E-state index contributed by atoms with van der Waals surface area (Å²) >= 11 is 0. The van der Waals surface area contributed by atoms with Crippen molar-refractivity contribution in [1.82, 2.24) is 15.5 Å². The van der Waals surface area contributed by atoms with Gasteiger partial charge in [-0.1, -0.05) is 24.4 Å². The van der Waals surface area contributed by atoms with Gasteiger partial charge in [0.05, 0.1) is 6.04 Å². The van der Waals surface area contributed by atoms with Crippen LogP contribution in [0, 0.1) is 11.8 Å². The second-order valence-electron chi connectivity index (χ2n) is 6.63. The molecule has 104 valence electrons. The zero-order valence-corrected chi connectivity index (χ0v) is 11.5. The maximum Gasteiger partial charge on any atom is 0.230 e. The highest BCUT2D eigenvalue weighted by Gasteiger charge is 2.43. The summed E-state index contributed by atoms with van der Waals surface area (Å²) in [4.78, 5) is 4.74. The number of fused-ring (bicyclic) bond motifs is 2. The van der Waals surface area contributed by atoms with Crippen molar-refractivity contribution in [3.63, 3.8) is 0 Å². The van der Waals surface area contributed by atoms with E-state index >= 15 is 0 Å². The molecular weight excluding hydrogens is 238 g/mol. The second kappa shape index (κ2) is 4.89. The van der Waals surface area contributed by atoms with Gasteiger partial charge in [-0.3, -0.25) is 0 Å². The number of rotatable bonds is 2. The lowest BCUT2D eigenvalue weighted by atomic mass is 9.89. The Bertz CT molecular complexity index is 436. The first-order valence-electron chi connectivity index (χ1n) is 7.97. The first-order valence-corrected chi connectivity index (χ1v) is 7.97. The van der Waals surface area contributed by atoms with E-state index in [0.717, 1.165) is 36.5 Å². The summed E-state index contributed by atoms with van der Waals surface area (Å²) in [6.07, 6.45) is 10.5. The van der Waals surface area contributed by atoms with Gasteiger partial charge in [-0.15, -0.1) is 0 Å². The maximum atomic E-state index is 5.59.